The molecule has 2 amide bonds. The Bertz CT molecular complexity index is 2460. The number of pyridine rings is 1. The molecule has 1 aliphatic carbocycles. The Kier molecular flexibility index (Phi) is 10.5. The van der Waals surface area contributed by atoms with Crippen molar-refractivity contribution >= 4 is 40.7 Å². The third kappa shape index (κ3) is 7.27. The first kappa shape index (κ1) is 39.6. The third-order valence-corrected chi connectivity index (χ3v) is 11.2. The highest BCUT2D eigenvalue weighted by molar-refractivity contribution is 6.33. The average Bonchev–Trinajstić information content (AvgIpc) is 3.73. The fourth-order valence-electron chi connectivity index (χ4n) is 7.97. The number of likely N-dealkylation sites (N-methyl/N-ethyl adjacent to an activating group) is 1. The molecule has 4 aromatic heterocycles. The maximum Gasteiger partial charge on any atom is 0.416 e. The van der Waals surface area contributed by atoms with E-state index in [1.165, 1.54) is 10.8 Å². The highest BCUT2D eigenvalue weighted by atomic mass is 35.5. The molecular weight excluding hydrogens is 769 g/mol. The van der Waals surface area contributed by atoms with Gasteiger partial charge < -0.3 is 29.5 Å². The number of aryl methyl sites for hydroxylation is 2. The molecule has 0 saturated carbocycles. The van der Waals surface area contributed by atoms with Gasteiger partial charge in [-0.15, -0.1) is 5.10 Å². The Hall–Kier alpha value is -5.62. The fraction of sp³-hybridized carbons (Fsp3) is 0.421. The van der Waals surface area contributed by atoms with Gasteiger partial charge in [-0.2, -0.15) is 22.7 Å². The molecular formula is C38H40ClF3N10O5. The van der Waals surface area contributed by atoms with Gasteiger partial charge in [0.05, 0.1) is 34.3 Å². The average molecular weight is 809 g/mol. The zero-order valence-electron chi connectivity index (χ0n) is 31.8. The lowest BCUT2D eigenvalue weighted by atomic mass is 9.73. The summed E-state index contributed by atoms with van der Waals surface area (Å²) in [5, 5.41) is 17.5. The molecule has 2 aliphatic rings. The molecule has 15 nitrogen and oxygen atoms in total. The van der Waals surface area contributed by atoms with Gasteiger partial charge in [0.2, 0.25) is 11.7 Å². The van der Waals surface area contributed by atoms with Gasteiger partial charge in [0.1, 0.15) is 18.7 Å². The molecule has 0 radical (unpaired) electrons. The highest BCUT2D eigenvalue weighted by Gasteiger charge is 2.49. The minimum Gasteiger partial charge on any atom is -0.504 e. The van der Waals surface area contributed by atoms with Crippen molar-refractivity contribution in [2.75, 3.05) is 50.6 Å². The standard InChI is InChI=1S/C38H40ClF3N10O5/c1-20-17-37(10-12-50(13-11-37)35(56)30-32(54)22(3)43-19-44-30)29-31(20)51(18-28(53)46-26-8-6-23(16-25(26)39)38(40,41)42)36-47-33(48-52(36)34(29)55)24-7-9-27(45-21(24)2)49(4)14-15-57-5/h6-9,16,19-20,54H,10-15,17-18H2,1-5H3,(H,46,53). The zero-order valence-corrected chi connectivity index (χ0v) is 32.6. The predicted molar refractivity (Wildman–Crippen MR) is 204 cm³/mol. The molecule has 1 aliphatic heterocycles. The molecule has 1 unspecified atom stereocenters. The molecule has 7 rings (SSSR count). The van der Waals surface area contributed by atoms with Gasteiger partial charge in [-0.1, -0.05) is 18.5 Å². The van der Waals surface area contributed by atoms with E-state index < -0.39 is 34.5 Å². The summed E-state index contributed by atoms with van der Waals surface area (Å²) < 4.78 is 48.0. The summed E-state index contributed by atoms with van der Waals surface area (Å²) in [7, 11) is 3.50. The van der Waals surface area contributed by atoms with E-state index in [1.54, 1.807) is 30.4 Å². The Labute approximate surface area is 329 Å². The van der Waals surface area contributed by atoms with Crippen molar-refractivity contribution in [2.24, 2.45) is 0 Å². The number of piperidine rings is 1. The number of anilines is 2. The molecule has 19 heteroatoms. The van der Waals surface area contributed by atoms with Crippen LogP contribution in [0, 0.1) is 13.8 Å². The van der Waals surface area contributed by atoms with E-state index in [4.69, 9.17) is 26.3 Å². The zero-order chi connectivity index (χ0) is 41.0. The summed E-state index contributed by atoms with van der Waals surface area (Å²) >= 11 is 6.19. The van der Waals surface area contributed by atoms with E-state index >= 15 is 0 Å². The van der Waals surface area contributed by atoms with Crippen molar-refractivity contribution in [1.29, 1.82) is 0 Å². The topological polar surface area (TPSA) is 173 Å². The second kappa shape index (κ2) is 15.0. The number of amides is 2. The molecule has 5 heterocycles. The minimum absolute atomic E-state index is 0.0192. The van der Waals surface area contributed by atoms with E-state index in [0.717, 1.165) is 18.2 Å². The summed E-state index contributed by atoms with van der Waals surface area (Å²) in [4.78, 5) is 63.0. The Morgan fingerprint density at radius 3 is 2.51 bits per heavy atom. The molecule has 5 aromatic rings. The number of benzene rings is 1. The first-order chi connectivity index (χ1) is 27.0. The first-order valence-corrected chi connectivity index (χ1v) is 18.6. The van der Waals surface area contributed by atoms with Gasteiger partial charge in [0, 0.05) is 56.0 Å². The molecule has 2 N–H and O–H groups in total. The largest absolute Gasteiger partial charge is 0.504 e. The van der Waals surface area contributed by atoms with Crippen LogP contribution in [0.3, 0.4) is 0 Å². The lowest BCUT2D eigenvalue weighted by molar-refractivity contribution is -0.137. The number of nitrogens with zero attached hydrogens (tertiary/aromatic N) is 9. The summed E-state index contributed by atoms with van der Waals surface area (Å²) in [6, 6.07) is 6.28. The number of fused-ring (bicyclic) bond motifs is 3. The second-order valence-electron chi connectivity index (χ2n) is 14.6. The molecule has 1 fully saturated rings. The van der Waals surface area contributed by atoms with Crippen LogP contribution in [0.2, 0.25) is 5.02 Å². The van der Waals surface area contributed by atoms with Crippen LogP contribution in [0.5, 0.6) is 5.75 Å². The number of aromatic hydroxyl groups is 1. The predicted octanol–water partition coefficient (Wildman–Crippen LogP) is 5.14. The molecule has 300 valence electrons. The van der Waals surface area contributed by atoms with Gasteiger partial charge >= 0.3 is 6.18 Å². The summed E-state index contributed by atoms with van der Waals surface area (Å²) in [6.45, 7) is 6.58. The molecule has 1 spiro atoms. The number of ether oxygens (including phenoxy) is 1. The monoisotopic (exact) mass is 808 g/mol. The molecule has 57 heavy (non-hydrogen) atoms. The number of methoxy groups -OCH3 is 1. The normalized spacial score (nSPS) is 16.3. The summed E-state index contributed by atoms with van der Waals surface area (Å²) in [6.07, 6.45) is -2.07. The van der Waals surface area contributed by atoms with Gasteiger partial charge in [0.25, 0.3) is 11.5 Å². The van der Waals surface area contributed by atoms with Crippen molar-refractivity contribution in [3.8, 4) is 17.1 Å². The van der Waals surface area contributed by atoms with Crippen LogP contribution in [-0.2, 0) is 27.7 Å². The number of halogens is 4. The van der Waals surface area contributed by atoms with Crippen LogP contribution in [0.15, 0.2) is 41.5 Å². The van der Waals surface area contributed by atoms with Crippen molar-refractivity contribution in [3.05, 3.63) is 85.9 Å². The quantitative estimate of drug-likeness (QED) is 0.202. The number of hydrogen-bond donors (Lipinski definition) is 2. The van der Waals surface area contributed by atoms with Gasteiger partial charge in [-0.25, -0.2) is 15.0 Å². The van der Waals surface area contributed by atoms with Crippen molar-refractivity contribution in [2.45, 2.75) is 64.1 Å². The van der Waals surface area contributed by atoms with Crippen LogP contribution < -0.4 is 15.8 Å². The van der Waals surface area contributed by atoms with E-state index in [1.807, 2.05) is 31.0 Å². The number of carbonyl (C=O) groups excluding carboxylic acids is 2. The number of alkyl halides is 3. The number of rotatable bonds is 9. The minimum atomic E-state index is -4.62. The number of aromatic nitrogens is 7. The van der Waals surface area contributed by atoms with E-state index in [0.29, 0.717) is 60.7 Å². The van der Waals surface area contributed by atoms with Crippen LogP contribution in [0.1, 0.15) is 70.8 Å². The maximum atomic E-state index is 14.7. The number of hydrogen-bond acceptors (Lipinski definition) is 11. The number of carbonyl (C=O) groups is 2. The van der Waals surface area contributed by atoms with Gasteiger partial charge in [-0.3, -0.25) is 14.4 Å². The Morgan fingerprint density at radius 1 is 1.11 bits per heavy atom. The Morgan fingerprint density at radius 2 is 1.84 bits per heavy atom. The van der Waals surface area contributed by atoms with Crippen LogP contribution in [0.25, 0.3) is 17.2 Å². The number of nitrogens with one attached hydrogen (secondary N) is 1. The summed E-state index contributed by atoms with van der Waals surface area (Å²) in [5.74, 6) is -0.622. The van der Waals surface area contributed by atoms with Crippen molar-refractivity contribution in [3.63, 3.8) is 0 Å². The smallest absolute Gasteiger partial charge is 0.416 e. The molecule has 0 bridgehead atoms. The third-order valence-electron chi connectivity index (χ3n) is 10.9. The van der Waals surface area contributed by atoms with Crippen LogP contribution >= 0.6 is 11.6 Å². The van der Waals surface area contributed by atoms with Gasteiger partial charge in [-0.05, 0) is 69.4 Å². The first-order valence-electron chi connectivity index (χ1n) is 18.2. The second-order valence-corrected chi connectivity index (χ2v) is 15.0. The van der Waals surface area contributed by atoms with Crippen molar-refractivity contribution in [1.82, 2.24) is 39.0 Å². The summed E-state index contributed by atoms with van der Waals surface area (Å²) in [5.41, 5.74) is 0.281. The molecule has 1 saturated heterocycles. The number of likely N-dealkylation sites (tertiary alicyclic amines) is 1. The van der Waals surface area contributed by atoms with E-state index in [2.05, 4.69) is 20.4 Å². The lowest BCUT2D eigenvalue weighted by Gasteiger charge is -2.39. The van der Waals surface area contributed by atoms with Crippen LogP contribution in [0.4, 0.5) is 24.7 Å². The van der Waals surface area contributed by atoms with Gasteiger partial charge in [0.15, 0.2) is 17.3 Å². The SMILES string of the molecule is COCCN(C)c1ccc(-c2nc3n(CC(=O)Nc4ccc(C(F)(F)F)cc4Cl)c4c(c(=O)n3n2)C2(CCN(C(=O)c3ncnc(C)c3O)CC2)CC4C)c(C)n1. The van der Waals surface area contributed by atoms with Crippen molar-refractivity contribution < 1.29 is 32.6 Å². The van der Waals surface area contributed by atoms with E-state index in [9.17, 15) is 32.7 Å². The molecule has 1 atom stereocenters. The highest BCUT2D eigenvalue weighted by Crippen LogP contribution is 2.50. The van der Waals surface area contributed by atoms with Crippen LogP contribution in [-0.4, -0.2) is 96.3 Å². The fourth-order valence-corrected chi connectivity index (χ4v) is 8.20. The Balaban J connectivity index is 1.29. The lowest BCUT2D eigenvalue weighted by Crippen LogP contribution is -2.46. The van der Waals surface area contributed by atoms with E-state index in [-0.39, 0.29) is 65.0 Å². The maximum absolute atomic E-state index is 14.7. The molecule has 1 aromatic carbocycles.